The highest BCUT2D eigenvalue weighted by atomic mass is 32.2. The molecular formula is C80H101N10O23S3+. The number of amides is 8. The highest BCUT2D eigenvalue weighted by Crippen LogP contribution is 2.51. The summed E-state index contributed by atoms with van der Waals surface area (Å²) < 4.78 is 109. The van der Waals surface area contributed by atoms with Gasteiger partial charge in [-0.15, -0.1) is 0 Å². The second-order valence-corrected chi connectivity index (χ2v) is 33.8. The Kier molecular flexibility index (Phi) is 33.7. The molecule has 1 unspecified atom stereocenters. The molecule has 36 heteroatoms. The smallest absolute Gasteiger partial charge is 0.363 e. The van der Waals surface area contributed by atoms with Crippen molar-refractivity contribution in [2.75, 3.05) is 60.6 Å². The van der Waals surface area contributed by atoms with Gasteiger partial charge in [0, 0.05) is 99.5 Å². The summed E-state index contributed by atoms with van der Waals surface area (Å²) in [4.78, 5) is 134. The fourth-order valence-electron chi connectivity index (χ4n) is 13.4. The zero-order valence-corrected chi connectivity index (χ0v) is 67.4. The maximum absolute atomic E-state index is 14.8. The van der Waals surface area contributed by atoms with Crippen LogP contribution in [0.15, 0.2) is 161 Å². The lowest BCUT2D eigenvalue weighted by Crippen LogP contribution is -2.55. The van der Waals surface area contributed by atoms with Gasteiger partial charge in [0.2, 0.25) is 35.4 Å². The van der Waals surface area contributed by atoms with Crippen molar-refractivity contribution in [1.82, 2.24) is 42.5 Å². The summed E-state index contributed by atoms with van der Waals surface area (Å²) in [6.45, 7) is 9.61. The molecule has 626 valence electrons. The van der Waals surface area contributed by atoms with Gasteiger partial charge in [0.25, 0.3) is 30.4 Å². The number of allylic oxidation sites excluding steroid dienone is 3. The minimum absolute atomic E-state index is 0.0133. The molecule has 6 aromatic rings. The minimum Gasteiger partial charge on any atom is -0.481 e. The predicted octanol–water partition coefficient (Wildman–Crippen LogP) is 6.26. The van der Waals surface area contributed by atoms with Crippen LogP contribution < -0.4 is 52.3 Å². The number of nitrogens with one attached hydrogen (secondary N) is 8. The van der Waals surface area contributed by atoms with Crippen LogP contribution in [0.4, 0.5) is 16.2 Å². The maximum atomic E-state index is 14.8. The van der Waals surface area contributed by atoms with E-state index in [1.807, 2.05) is 74.3 Å². The van der Waals surface area contributed by atoms with E-state index in [4.69, 9.17) is 9.52 Å². The molecule has 33 nitrogen and oxygen atoms in total. The van der Waals surface area contributed by atoms with Gasteiger partial charge in [-0.3, -0.25) is 47.2 Å². The summed E-state index contributed by atoms with van der Waals surface area (Å²) in [7, 11) is -13.5. The fourth-order valence-corrected chi connectivity index (χ4v) is 14.9. The number of carboxylic acid groups (broad SMARTS) is 3. The SMILES string of the molecule is CCN(CCCS(=O)(=O)O)c1ccc2c(C(C)(C)C)cc(/C=C/C=C3\N(CCCS(=O)(=O)O)c4ccc(S(=O)(=O)O)cc4C3(C)CCCC(=O)N[C@@H](Cc3ccccc3)C(=O)N[C@@H](CCc3ccccc3)C(=O)NCC(=O)NCCNC(=O)[C@H](Cc3ccccc3)NC(=O)CC[C@H](NC(=O)N[C@@H](CCC(=O)O)C(=O)O)C(=O)O)[o+]c2c1. The van der Waals surface area contributed by atoms with E-state index in [1.165, 1.54) is 18.2 Å². The van der Waals surface area contributed by atoms with Crippen molar-refractivity contribution in [1.29, 1.82) is 0 Å². The summed E-state index contributed by atoms with van der Waals surface area (Å²) in [5.41, 5.74) is 3.87. The molecular weight excluding hydrogens is 1570 g/mol. The van der Waals surface area contributed by atoms with E-state index in [2.05, 4.69) is 37.2 Å². The van der Waals surface area contributed by atoms with Crippen LogP contribution in [0.3, 0.4) is 0 Å². The standard InChI is InChI=1S/C80H100N10O23S3/c1-6-89(42-18-44-114(104,105)106)55-30-32-58-59(79(2,3)4)49-56(113-67(58)48-55)26-16-27-68-80(5,60-50-57(116(110,111)112)31-36-66(60)90(68)43-19-45-115(107,108)109)39-17-28-69(91)85-65(47-54-24-14-9-15-25-54)75(98)86-61(33-29-52-20-10-7-11-21-52)73(96)83-51-71(93)81-40-41-82-74(97)64(46-53-22-12-8-13-23-53)84-70(92)37-34-62(76(99)100)87-78(103)88-63(77(101)102)35-38-72(94)95/h7-16,20-27,30-32,36,48-50,61-65H,6,17-19,28-29,33-35,37-47,51H2,1-5H3,(H13-,81,82,83,84,85,86,87,88,91,92,93,94,95,96,97,98,99,100,101,102,103,104,105,106,107,108,109,110,111,112)/p+1/b26-16+,68-27-/t61-,62-,63-,64-,65-,80?/m0/s1. The summed E-state index contributed by atoms with van der Waals surface area (Å²) in [5, 5.41) is 49.0. The van der Waals surface area contributed by atoms with Gasteiger partial charge in [0.15, 0.2) is 0 Å². The lowest BCUT2D eigenvalue weighted by Gasteiger charge is -2.30. The van der Waals surface area contributed by atoms with Crippen molar-refractivity contribution in [3.63, 3.8) is 0 Å². The normalized spacial score (nSPS) is 15.2. The summed E-state index contributed by atoms with van der Waals surface area (Å²) in [6.07, 6.45) is 3.11. The average Bonchev–Trinajstić information content (AvgIpc) is 1.57. The largest absolute Gasteiger partial charge is 0.481 e. The molecule has 1 aliphatic heterocycles. The molecule has 8 amide bonds. The highest BCUT2D eigenvalue weighted by Gasteiger charge is 2.44. The zero-order valence-electron chi connectivity index (χ0n) is 64.9. The minimum atomic E-state index is -4.82. The van der Waals surface area contributed by atoms with E-state index in [0.717, 1.165) is 22.2 Å². The third kappa shape index (κ3) is 29.3. The van der Waals surface area contributed by atoms with Crippen LogP contribution in [0.1, 0.15) is 132 Å². The molecule has 0 bridgehead atoms. The molecule has 6 atom stereocenters. The van der Waals surface area contributed by atoms with Gasteiger partial charge in [-0.1, -0.05) is 118 Å². The number of carbonyl (C=O) groups excluding carboxylic acids is 7. The Labute approximate surface area is 673 Å². The van der Waals surface area contributed by atoms with Crippen molar-refractivity contribution in [3.8, 4) is 0 Å². The topological polar surface area (TPSA) is 509 Å². The van der Waals surface area contributed by atoms with E-state index < -0.39 is 179 Å². The van der Waals surface area contributed by atoms with Crippen LogP contribution in [0.5, 0.6) is 0 Å². The second kappa shape index (κ2) is 42.4. The van der Waals surface area contributed by atoms with E-state index >= 15 is 0 Å². The van der Waals surface area contributed by atoms with Crippen LogP contribution in [0.2, 0.25) is 0 Å². The molecule has 0 saturated carbocycles. The second-order valence-electron chi connectivity index (χ2n) is 29.2. The van der Waals surface area contributed by atoms with Gasteiger partial charge in [-0.25, -0.2) is 18.8 Å². The summed E-state index contributed by atoms with van der Waals surface area (Å²) in [5.74, 6) is -9.52. The van der Waals surface area contributed by atoms with Crippen LogP contribution in [0.25, 0.3) is 17.0 Å². The molecule has 0 saturated heterocycles. The number of anilines is 2. The van der Waals surface area contributed by atoms with Gasteiger partial charge in [-0.05, 0) is 135 Å². The Bertz CT molecular complexity index is 4920. The van der Waals surface area contributed by atoms with Crippen LogP contribution >= 0.6 is 0 Å². The van der Waals surface area contributed by atoms with Crippen molar-refractivity contribution < 1.29 is 107 Å². The molecule has 1 aliphatic rings. The number of fused-ring (bicyclic) bond motifs is 2. The Morgan fingerprint density at radius 2 is 1.12 bits per heavy atom. The molecule has 14 N–H and O–H groups in total. The van der Waals surface area contributed by atoms with Crippen molar-refractivity contribution in [2.24, 2.45) is 0 Å². The Morgan fingerprint density at radius 1 is 0.569 bits per heavy atom. The third-order valence-corrected chi connectivity index (χ3v) is 21.7. The number of urea groups is 1. The van der Waals surface area contributed by atoms with E-state index in [-0.39, 0.29) is 77.4 Å². The molecule has 0 aliphatic carbocycles. The van der Waals surface area contributed by atoms with Crippen molar-refractivity contribution >= 4 is 118 Å². The zero-order chi connectivity index (χ0) is 85.1. The van der Waals surface area contributed by atoms with Crippen LogP contribution in [-0.2, 0) is 104 Å². The number of rotatable bonds is 45. The molecule has 0 spiro atoms. The number of aryl methyl sites for hydroxylation is 1. The highest BCUT2D eigenvalue weighted by molar-refractivity contribution is 7.86. The molecule has 2 heterocycles. The number of aliphatic carboxylic acids is 3. The lowest BCUT2D eigenvalue weighted by atomic mass is 9.77. The summed E-state index contributed by atoms with van der Waals surface area (Å²) in [6, 6.07) is 29.3. The first-order chi connectivity index (χ1) is 54.7. The van der Waals surface area contributed by atoms with Crippen LogP contribution in [-0.4, -0.2) is 195 Å². The molecule has 0 radical (unpaired) electrons. The molecule has 7 rings (SSSR count). The third-order valence-electron chi connectivity index (χ3n) is 19.3. The number of carbonyl (C=O) groups is 10. The monoisotopic (exact) mass is 1670 g/mol. The summed E-state index contributed by atoms with van der Waals surface area (Å²) >= 11 is 0. The Balaban J connectivity index is 1.05. The first-order valence-corrected chi connectivity index (χ1v) is 42.3. The molecule has 116 heavy (non-hydrogen) atoms. The number of hydrogen-bond donors (Lipinski definition) is 14. The van der Waals surface area contributed by atoms with E-state index in [1.54, 1.807) is 109 Å². The molecule has 1 aromatic heterocycles. The van der Waals surface area contributed by atoms with Gasteiger partial charge in [0.05, 0.1) is 34.4 Å². The molecule has 5 aromatic carbocycles. The lowest BCUT2D eigenvalue weighted by molar-refractivity contribution is -0.141. The van der Waals surface area contributed by atoms with Gasteiger partial charge in [0.1, 0.15) is 30.2 Å². The number of nitrogens with zero attached hydrogens (tertiary/aromatic N) is 2. The van der Waals surface area contributed by atoms with Crippen molar-refractivity contribution in [3.05, 3.63) is 185 Å². The first kappa shape index (κ1) is 92.0. The Hall–Kier alpha value is -11.2. The number of carboxylic acids is 3. The quantitative estimate of drug-likeness (QED) is 0.0114. The predicted molar refractivity (Wildman–Crippen MR) is 432 cm³/mol. The average molecular weight is 1670 g/mol. The van der Waals surface area contributed by atoms with Crippen molar-refractivity contribution in [2.45, 2.75) is 164 Å². The maximum Gasteiger partial charge on any atom is 0.363 e. The van der Waals surface area contributed by atoms with Gasteiger partial charge < -0.3 is 67.7 Å². The Morgan fingerprint density at radius 3 is 1.68 bits per heavy atom. The molecule has 0 fully saturated rings. The first-order valence-electron chi connectivity index (χ1n) is 37.6. The van der Waals surface area contributed by atoms with Gasteiger partial charge in [-0.2, -0.15) is 25.3 Å². The van der Waals surface area contributed by atoms with E-state index in [9.17, 15) is 97.1 Å². The fraction of sp³-hybridized carbons (Fsp3) is 0.412. The number of benzene rings is 5. The van der Waals surface area contributed by atoms with Crippen LogP contribution in [0, 0.1) is 0 Å². The number of hydrogen-bond acceptors (Lipinski definition) is 18. The van der Waals surface area contributed by atoms with E-state index in [0.29, 0.717) is 52.5 Å². The van der Waals surface area contributed by atoms with Gasteiger partial charge >= 0.3 is 35.3 Å².